The molecule has 2 atom stereocenters. The van der Waals surface area contributed by atoms with Gasteiger partial charge in [-0.2, -0.15) is 4.37 Å². The Labute approximate surface area is 129 Å². The molecule has 2 rings (SSSR count). The largest absolute Gasteiger partial charge is 0.463 e. The van der Waals surface area contributed by atoms with E-state index < -0.39 is 6.10 Å². The third kappa shape index (κ3) is 3.84. The van der Waals surface area contributed by atoms with Crippen molar-refractivity contribution in [2.45, 2.75) is 58.6 Å². The Morgan fingerprint density at radius 3 is 2.95 bits per heavy atom. The van der Waals surface area contributed by atoms with Gasteiger partial charge < -0.3 is 14.4 Å². The minimum absolute atomic E-state index is 0.346. The van der Waals surface area contributed by atoms with E-state index in [1.165, 1.54) is 12.8 Å². The van der Waals surface area contributed by atoms with E-state index in [2.05, 4.69) is 20.6 Å². The lowest BCUT2D eigenvalue weighted by molar-refractivity contribution is -0.150. The fourth-order valence-corrected chi connectivity index (χ4v) is 3.10. The van der Waals surface area contributed by atoms with Crippen LogP contribution in [-0.2, 0) is 9.53 Å². The predicted octanol–water partition coefficient (Wildman–Crippen LogP) is 2.64. The summed E-state index contributed by atoms with van der Waals surface area (Å²) in [6.07, 6.45) is 3.98. The van der Waals surface area contributed by atoms with Gasteiger partial charge in [-0.15, -0.1) is 4.37 Å². The van der Waals surface area contributed by atoms with Crippen LogP contribution in [0.4, 0.5) is 5.82 Å². The van der Waals surface area contributed by atoms with Crippen LogP contribution in [0.15, 0.2) is 0 Å². The van der Waals surface area contributed by atoms with E-state index in [1.54, 1.807) is 13.8 Å². The van der Waals surface area contributed by atoms with Crippen LogP contribution in [0, 0.1) is 0 Å². The molecule has 1 aromatic heterocycles. The van der Waals surface area contributed by atoms with E-state index >= 15 is 0 Å². The second-order valence-corrected chi connectivity index (χ2v) is 5.68. The van der Waals surface area contributed by atoms with Crippen molar-refractivity contribution in [2.75, 3.05) is 18.1 Å². The number of nitrogens with zero attached hydrogens (tertiary/aromatic N) is 3. The number of carbonyl (C=O) groups excluding carboxylic acids is 1. The molecule has 2 unspecified atom stereocenters. The van der Waals surface area contributed by atoms with E-state index in [4.69, 9.17) is 9.47 Å². The summed E-state index contributed by atoms with van der Waals surface area (Å²) in [5.74, 6) is 0.839. The van der Waals surface area contributed by atoms with Gasteiger partial charge in [0.25, 0.3) is 5.88 Å². The zero-order valence-corrected chi connectivity index (χ0v) is 13.7. The summed E-state index contributed by atoms with van der Waals surface area (Å²) in [5, 5.41) is 0. The summed E-state index contributed by atoms with van der Waals surface area (Å²) in [6.45, 7) is 6.95. The van der Waals surface area contributed by atoms with E-state index in [9.17, 15) is 4.79 Å². The Bertz CT molecular complexity index is 466. The monoisotopic (exact) mass is 313 g/mol. The van der Waals surface area contributed by atoms with Gasteiger partial charge in [-0.25, -0.2) is 4.79 Å². The molecule has 0 radical (unpaired) electrons. The minimum atomic E-state index is -0.669. The lowest BCUT2D eigenvalue weighted by atomic mass is 10.0. The number of hydrogen-bond acceptors (Lipinski definition) is 7. The van der Waals surface area contributed by atoms with Crippen LogP contribution >= 0.6 is 11.7 Å². The van der Waals surface area contributed by atoms with Crippen molar-refractivity contribution < 1.29 is 14.3 Å². The summed E-state index contributed by atoms with van der Waals surface area (Å²) in [6, 6.07) is 0.475. The van der Waals surface area contributed by atoms with Crippen molar-refractivity contribution in [3.05, 3.63) is 0 Å². The molecule has 0 aromatic carbocycles. The molecule has 118 valence electrons. The van der Waals surface area contributed by atoms with Gasteiger partial charge in [-0.3, -0.25) is 0 Å². The van der Waals surface area contributed by atoms with E-state index in [-0.39, 0.29) is 5.97 Å². The molecule has 0 saturated carbocycles. The quantitative estimate of drug-likeness (QED) is 0.752. The van der Waals surface area contributed by atoms with Crippen LogP contribution in [-0.4, -0.2) is 40.0 Å². The molecule has 1 aliphatic rings. The van der Waals surface area contributed by atoms with Gasteiger partial charge in [0.2, 0.25) is 5.82 Å². The molecule has 2 heterocycles. The van der Waals surface area contributed by atoms with Gasteiger partial charge >= 0.3 is 5.97 Å². The molecule has 0 spiro atoms. The first-order chi connectivity index (χ1) is 10.2. The molecule has 0 aliphatic carbocycles. The van der Waals surface area contributed by atoms with Crippen molar-refractivity contribution in [3.63, 3.8) is 0 Å². The van der Waals surface area contributed by atoms with Gasteiger partial charge in [-0.1, -0.05) is 6.92 Å². The zero-order chi connectivity index (χ0) is 15.2. The molecule has 0 bridgehead atoms. The number of ether oxygens (including phenoxy) is 2. The Morgan fingerprint density at radius 1 is 1.43 bits per heavy atom. The number of carbonyl (C=O) groups is 1. The molecule has 1 fully saturated rings. The van der Waals surface area contributed by atoms with Crippen molar-refractivity contribution in [1.82, 2.24) is 8.75 Å². The highest BCUT2D eigenvalue weighted by molar-refractivity contribution is 6.99. The average molecular weight is 313 g/mol. The summed E-state index contributed by atoms with van der Waals surface area (Å²) in [4.78, 5) is 13.9. The Kier molecular flexibility index (Phi) is 5.78. The minimum Gasteiger partial charge on any atom is -0.463 e. The number of esters is 1. The highest BCUT2D eigenvalue weighted by atomic mass is 32.1. The van der Waals surface area contributed by atoms with E-state index in [1.807, 2.05) is 0 Å². The van der Waals surface area contributed by atoms with Crippen molar-refractivity contribution in [1.29, 1.82) is 0 Å². The Morgan fingerprint density at radius 2 is 2.24 bits per heavy atom. The summed E-state index contributed by atoms with van der Waals surface area (Å²) < 4.78 is 19.2. The first kappa shape index (κ1) is 16.0. The topological polar surface area (TPSA) is 64.5 Å². The van der Waals surface area contributed by atoms with Crippen LogP contribution in [0.1, 0.15) is 46.5 Å². The molecule has 6 nitrogen and oxygen atoms in total. The van der Waals surface area contributed by atoms with E-state index in [0.717, 1.165) is 36.9 Å². The number of aromatic nitrogens is 2. The van der Waals surface area contributed by atoms with Gasteiger partial charge in [0.15, 0.2) is 6.10 Å². The Balaban J connectivity index is 2.09. The van der Waals surface area contributed by atoms with Crippen LogP contribution in [0.25, 0.3) is 0 Å². The molecule has 1 aromatic rings. The van der Waals surface area contributed by atoms with E-state index in [0.29, 0.717) is 18.5 Å². The number of piperidine rings is 1. The van der Waals surface area contributed by atoms with Crippen LogP contribution in [0.2, 0.25) is 0 Å². The normalized spacial score (nSPS) is 20.1. The second kappa shape index (κ2) is 7.59. The SMILES string of the molecule is CCOC(=O)C(C)Oc1nsnc1N1CCCCC1CC. The van der Waals surface area contributed by atoms with Crippen molar-refractivity contribution >= 4 is 23.5 Å². The first-order valence-electron chi connectivity index (χ1n) is 7.59. The van der Waals surface area contributed by atoms with Gasteiger partial charge in [0, 0.05) is 12.6 Å². The maximum atomic E-state index is 11.7. The fourth-order valence-electron chi connectivity index (χ4n) is 2.60. The van der Waals surface area contributed by atoms with Gasteiger partial charge in [0.1, 0.15) is 0 Å². The molecule has 0 amide bonds. The van der Waals surface area contributed by atoms with Crippen LogP contribution in [0.5, 0.6) is 5.88 Å². The van der Waals surface area contributed by atoms with Gasteiger partial charge in [0.05, 0.1) is 18.3 Å². The highest BCUT2D eigenvalue weighted by Gasteiger charge is 2.28. The van der Waals surface area contributed by atoms with Crippen molar-refractivity contribution in [2.24, 2.45) is 0 Å². The molecule has 21 heavy (non-hydrogen) atoms. The first-order valence-corrected chi connectivity index (χ1v) is 8.32. The summed E-state index contributed by atoms with van der Waals surface area (Å²) >= 11 is 1.12. The molecule has 0 N–H and O–H groups in total. The smallest absolute Gasteiger partial charge is 0.347 e. The predicted molar refractivity (Wildman–Crippen MR) is 81.9 cm³/mol. The lowest BCUT2D eigenvalue weighted by Crippen LogP contribution is -2.39. The summed E-state index contributed by atoms with van der Waals surface area (Å²) in [5.41, 5.74) is 0. The third-order valence-electron chi connectivity index (χ3n) is 3.72. The summed E-state index contributed by atoms with van der Waals surface area (Å²) in [7, 11) is 0. The average Bonchev–Trinajstić information content (AvgIpc) is 2.95. The lowest BCUT2D eigenvalue weighted by Gasteiger charge is -2.35. The third-order valence-corrected chi connectivity index (χ3v) is 4.22. The fraction of sp³-hybridized carbons (Fsp3) is 0.786. The Hall–Kier alpha value is -1.37. The van der Waals surface area contributed by atoms with Crippen molar-refractivity contribution in [3.8, 4) is 5.88 Å². The molecule has 1 aliphatic heterocycles. The molecular weight excluding hydrogens is 290 g/mol. The molecular formula is C14H23N3O3S. The number of anilines is 1. The zero-order valence-electron chi connectivity index (χ0n) is 12.9. The molecule has 1 saturated heterocycles. The van der Waals surface area contributed by atoms with Gasteiger partial charge in [-0.05, 0) is 39.5 Å². The standard InChI is InChI=1S/C14H23N3O3S/c1-4-11-8-6-7-9-17(11)12-13(16-21-15-12)20-10(3)14(18)19-5-2/h10-11H,4-9H2,1-3H3. The maximum Gasteiger partial charge on any atom is 0.347 e. The molecule has 7 heteroatoms. The number of hydrogen-bond donors (Lipinski definition) is 0. The van der Waals surface area contributed by atoms with Crippen LogP contribution in [0.3, 0.4) is 0 Å². The maximum absolute atomic E-state index is 11.7. The highest BCUT2D eigenvalue weighted by Crippen LogP contribution is 2.32. The second-order valence-electron chi connectivity index (χ2n) is 5.16. The van der Waals surface area contributed by atoms with Crippen LogP contribution < -0.4 is 9.64 Å². The number of rotatable bonds is 6.